The molecule has 0 aliphatic heterocycles. The molecule has 0 aromatic heterocycles. The molecule has 1 aromatic rings. The van der Waals surface area contributed by atoms with Gasteiger partial charge in [0.25, 0.3) is 0 Å². The molecule has 0 amide bonds. The van der Waals surface area contributed by atoms with Crippen molar-refractivity contribution in [3.63, 3.8) is 0 Å². The van der Waals surface area contributed by atoms with Crippen LogP contribution in [0.4, 0.5) is 0 Å². The number of benzene rings is 1. The fraction of sp³-hybridized carbons (Fsp3) is 0.0769. The van der Waals surface area contributed by atoms with E-state index >= 15 is 0 Å². The monoisotopic (exact) mass is 245 g/mol. The first-order chi connectivity index (χ1) is 8.62. The van der Waals surface area contributed by atoms with Gasteiger partial charge in [-0.1, -0.05) is 12.6 Å². The standard InChI is InChI=1S/C13H11NO4/c1-3-18-11-5-4-9(7-12(11)17-2)6-10(8-14)13(15)16/h3-7H,1H2,2H3,(H,15,16)/b10-6+. The number of carbonyl (C=O) groups is 1. The summed E-state index contributed by atoms with van der Waals surface area (Å²) in [5.74, 6) is -0.396. The first kappa shape index (κ1) is 13.3. The van der Waals surface area contributed by atoms with Crippen LogP contribution in [0.15, 0.2) is 36.6 Å². The highest BCUT2D eigenvalue weighted by atomic mass is 16.5. The van der Waals surface area contributed by atoms with Gasteiger partial charge < -0.3 is 14.6 Å². The first-order valence-electron chi connectivity index (χ1n) is 4.93. The van der Waals surface area contributed by atoms with E-state index in [0.717, 1.165) is 0 Å². The van der Waals surface area contributed by atoms with Gasteiger partial charge in [-0.05, 0) is 23.8 Å². The number of aliphatic carboxylic acids is 1. The SMILES string of the molecule is C=COc1ccc(/C=C(\C#N)C(=O)O)cc1OC. The van der Waals surface area contributed by atoms with Gasteiger partial charge in [-0.3, -0.25) is 0 Å². The fourth-order valence-electron chi connectivity index (χ4n) is 1.27. The van der Waals surface area contributed by atoms with E-state index < -0.39 is 5.97 Å². The summed E-state index contributed by atoms with van der Waals surface area (Å²) >= 11 is 0. The molecule has 0 spiro atoms. The smallest absolute Gasteiger partial charge is 0.346 e. The van der Waals surface area contributed by atoms with Crippen LogP contribution in [0.25, 0.3) is 6.08 Å². The van der Waals surface area contributed by atoms with Gasteiger partial charge in [0.2, 0.25) is 0 Å². The van der Waals surface area contributed by atoms with Gasteiger partial charge in [-0.15, -0.1) is 0 Å². The van der Waals surface area contributed by atoms with E-state index in [-0.39, 0.29) is 5.57 Å². The van der Waals surface area contributed by atoms with Crippen molar-refractivity contribution < 1.29 is 19.4 Å². The number of hydrogen-bond donors (Lipinski definition) is 1. The number of carboxylic acids is 1. The molecular formula is C13H11NO4. The van der Waals surface area contributed by atoms with E-state index in [2.05, 4.69) is 6.58 Å². The molecular weight excluding hydrogens is 234 g/mol. The summed E-state index contributed by atoms with van der Waals surface area (Å²) in [5.41, 5.74) is 0.177. The van der Waals surface area contributed by atoms with Crippen molar-refractivity contribution in [2.45, 2.75) is 0 Å². The second-order valence-corrected chi connectivity index (χ2v) is 3.17. The maximum Gasteiger partial charge on any atom is 0.346 e. The van der Waals surface area contributed by atoms with Crippen LogP contribution in [0.5, 0.6) is 11.5 Å². The third kappa shape index (κ3) is 3.12. The zero-order chi connectivity index (χ0) is 13.5. The van der Waals surface area contributed by atoms with Crippen LogP contribution in [0, 0.1) is 11.3 Å². The molecule has 5 heteroatoms. The highest BCUT2D eigenvalue weighted by molar-refractivity contribution is 5.96. The molecule has 1 aromatic carbocycles. The topological polar surface area (TPSA) is 79.5 Å². The molecule has 0 bridgehead atoms. The van der Waals surface area contributed by atoms with Gasteiger partial charge in [-0.25, -0.2) is 4.79 Å². The van der Waals surface area contributed by atoms with Gasteiger partial charge in [0.05, 0.1) is 13.4 Å². The molecule has 0 atom stereocenters. The van der Waals surface area contributed by atoms with E-state index in [1.807, 2.05) is 0 Å². The number of ether oxygens (including phenoxy) is 2. The molecule has 0 radical (unpaired) electrons. The lowest BCUT2D eigenvalue weighted by Crippen LogP contribution is -1.97. The summed E-state index contributed by atoms with van der Waals surface area (Å²) in [6, 6.07) is 6.38. The van der Waals surface area contributed by atoms with Gasteiger partial charge in [0, 0.05) is 0 Å². The van der Waals surface area contributed by atoms with Gasteiger partial charge in [0.15, 0.2) is 11.5 Å². The Labute approximate surface area is 104 Å². The first-order valence-corrected chi connectivity index (χ1v) is 4.93. The van der Waals surface area contributed by atoms with E-state index in [1.165, 1.54) is 19.4 Å². The van der Waals surface area contributed by atoms with Crippen LogP contribution >= 0.6 is 0 Å². The quantitative estimate of drug-likeness (QED) is 0.488. The Kier molecular flexibility index (Phi) is 4.52. The molecule has 1 N–H and O–H groups in total. The average Bonchev–Trinajstić information content (AvgIpc) is 2.37. The molecule has 5 nitrogen and oxygen atoms in total. The number of hydrogen-bond acceptors (Lipinski definition) is 4. The second kappa shape index (κ2) is 6.11. The lowest BCUT2D eigenvalue weighted by Gasteiger charge is -2.07. The fourth-order valence-corrected chi connectivity index (χ4v) is 1.27. The predicted octanol–water partition coefficient (Wildman–Crippen LogP) is 2.21. The number of nitrogens with zero attached hydrogens (tertiary/aromatic N) is 1. The summed E-state index contributed by atoms with van der Waals surface area (Å²) in [7, 11) is 1.46. The minimum Gasteiger partial charge on any atom is -0.493 e. The minimum absolute atomic E-state index is 0.352. The lowest BCUT2D eigenvalue weighted by atomic mass is 10.1. The van der Waals surface area contributed by atoms with Crippen molar-refractivity contribution in [1.82, 2.24) is 0 Å². The normalized spacial score (nSPS) is 10.3. The lowest BCUT2D eigenvalue weighted by molar-refractivity contribution is -0.132. The summed E-state index contributed by atoms with van der Waals surface area (Å²) in [5, 5.41) is 17.4. The van der Waals surface area contributed by atoms with Crippen molar-refractivity contribution in [1.29, 1.82) is 5.26 Å². The Morgan fingerprint density at radius 2 is 2.22 bits per heavy atom. The molecule has 0 fully saturated rings. The van der Waals surface area contributed by atoms with E-state index in [1.54, 1.807) is 24.3 Å². The van der Waals surface area contributed by atoms with Gasteiger partial charge in [0.1, 0.15) is 11.6 Å². The van der Waals surface area contributed by atoms with Crippen LogP contribution in [0.2, 0.25) is 0 Å². The third-order valence-electron chi connectivity index (χ3n) is 2.06. The highest BCUT2D eigenvalue weighted by Crippen LogP contribution is 2.29. The zero-order valence-electron chi connectivity index (χ0n) is 9.71. The summed E-state index contributed by atoms with van der Waals surface area (Å²) in [4.78, 5) is 10.7. The third-order valence-corrected chi connectivity index (χ3v) is 2.06. The Bertz CT molecular complexity index is 540. The summed E-state index contributed by atoms with van der Waals surface area (Å²) in [6.45, 7) is 3.43. The zero-order valence-corrected chi connectivity index (χ0v) is 9.71. The molecule has 0 saturated heterocycles. The Balaban J connectivity index is 3.17. The number of carboxylic acid groups (broad SMARTS) is 1. The number of rotatable bonds is 5. The van der Waals surface area contributed by atoms with E-state index in [4.69, 9.17) is 19.8 Å². The van der Waals surface area contributed by atoms with E-state index in [9.17, 15) is 4.79 Å². The van der Waals surface area contributed by atoms with Crippen molar-refractivity contribution in [2.75, 3.05) is 7.11 Å². The highest BCUT2D eigenvalue weighted by Gasteiger charge is 2.08. The second-order valence-electron chi connectivity index (χ2n) is 3.17. The molecule has 1 rings (SSSR count). The van der Waals surface area contributed by atoms with Gasteiger partial charge in [-0.2, -0.15) is 5.26 Å². The van der Waals surface area contributed by atoms with Crippen LogP contribution in [-0.2, 0) is 4.79 Å². The molecule has 92 valence electrons. The Morgan fingerprint density at radius 1 is 1.50 bits per heavy atom. The molecule has 0 unspecified atom stereocenters. The Hall–Kier alpha value is -2.74. The minimum atomic E-state index is -1.28. The largest absolute Gasteiger partial charge is 0.493 e. The van der Waals surface area contributed by atoms with Crippen molar-refractivity contribution >= 4 is 12.0 Å². The Morgan fingerprint density at radius 3 is 2.72 bits per heavy atom. The summed E-state index contributed by atoms with van der Waals surface area (Å²) in [6.07, 6.45) is 2.51. The average molecular weight is 245 g/mol. The van der Waals surface area contributed by atoms with Crippen LogP contribution < -0.4 is 9.47 Å². The van der Waals surface area contributed by atoms with Crippen LogP contribution in [0.3, 0.4) is 0 Å². The number of nitriles is 1. The van der Waals surface area contributed by atoms with Crippen LogP contribution in [0.1, 0.15) is 5.56 Å². The summed E-state index contributed by atoms with van der Waals surface area (Å²) < 4.78 is 10.2. The van der Waals surface area contributed by atoms with Crippen LogP contribution in [-0.4, -0.2) is 18.2 Å². The number of methoxy groups -OCH3 is 1. The molecule has 0 aliphatic rings. The van der Waals surface area contributed by atoms with Crippen molar-refractivity contribution in [3.8, 4) is 17.6 Å². The molecule has 18 heavy (non-hydrogen) atoms. The molecule has 0 heterocycles. The molecule has 0 aliphatic carbocycles. The molecule has 0 saturated carbocycles. The van der Waals surface area contributed by atoms with Crippen molar-refractivity contribution in [2.24, 2.45) is 0 Å². The maximum absolute atomic E-state index is 10.7. The predicted molar refractivity (Wildman–Crippen MR) is 65.0 cm³/mol. The van der Waals surface area contributed by atoms with Gasteiger partial charge >= 0.3 is 5.97 Å². The van der Waals surface area contributed by atoms with Crippen molar-refractivity contribution in [3.05, 3.63) is 42.2 Å². The van der Waals surface area contributed by atoms with E-state index in [0.29, 0.717) is 17.1 Å². The maximum atomic E-state index is 10.7.